The molecule has 0 unspecified atom stereocenters. The van der Waals surface area contributed by atoms with Crippen LogP contribution in [0.3, 0.4) is 0 Å². The van der Waals surface area contributed by atoms with Gasteiger partial charge in [0.05, 0.1) is 19.1 Å². The van der Waals surface area contributed by atoms with Crippen molar-refractivity contribution in [1.29, 1.82) is 0 Å². The summed E-state index contributed by atoms with van der Waals surface area (Å²) in [6.07, 6.45) is 10.4. The number of nitrogens with zero attached hydrogens (tertiary/aromatic N) is 1. The highest BCUT2D eigenvalue weighted by Crippen LogP contribution is 2.24. The van der Waals surface area contributed by atoms with E-state index in [-0.39, 0.29) is 12.0 Å². The van der Waals surface area contributed by atoms with Gasteiger partial charge in [0.1, 0.15) is 0 Å². The number of ether oxygens (including phenoxy) is 1. The Hall–Kier alpha value is -1.31. The van der Waals surface area contributed by atoms with E-state index < -0.39 is 0 Å². The van der Waals surface area contributed by atoms with Gasteiger partial charge in [0.15, 0.2) is 5.90 Å². The lowest BCUT2D eigenvalue weighted by atomic mass is 9.93. The highest BCUT2D eigenvalue weighted by molar-refractivity contribution is 5.85. The van der Waals surface area contributed by atoms with Gasteiger partial charge in [-0.15, -0.1) is 0 Å². The van der Waals surface area contributed by atoms with Crippen molar-refractivity contribution in [2.75, 3.05) is 7.11 Å². The van der Waals surface area contributed by atoms with Crippen molar-refractivity contribution in [3.05, 3.63) is 36.0 Å². The third-order valence-corrected chi connectivity index (χ3v) is 2.40. The average molecular weight is 175 g/mol. The first-order valence-electron chi connectivity index (χ1n) is 4.46. The predicted octanol–water partition coefficient (Wildman–Crippen LogP) is 2.10. The molecule has 0 saturated carbocycles. The molecule has 0 spiro atoms. The van der Waals surface area contributed by atoms with Crippen molar-refractivity contribution in [2.24, 2.45) is 10.9 Å². The Morgan fingerprint density at radius 2 is 2.08 bits per heavy atom. The Bertz CT molecular complexity index is 323. The van der Waals surface area contributed by atoms with Crippen LogP contribution in [0.25, 0.3) is 0 Å². The molecule has 0 saturated heterocycles. The zero-order chi connectivity index (χ0) is 9.26. The maximum absolute atomic E-state index is 5.26. The molecule has 0 aromatic rings. The van der Waals surface area contributed by atoms with Crippen LogP contribution >= 0.6 is 0 Å². The van der Waals surface area contributed by atoms with Crippen molar-refractivity contribution in [3.63, 3.8) is 0 Å². The molecular formula is C11H13NO. The molecule has 2 bridgehead atoms. The van der Waals surface area contributed by atoms with Gasteiger partial charge < -0.3 is 4.74 Å². The zero-order valence-electron chi connectivity index (χ0n) is 7.90. The minimum atomic E-state index is 0.163. The highest BCUT2D eigenvalue weighted by Gasteiger charge is 2.22. The standard InChI is InChI=1S/C11H13NO/c1-8-7-9-5-3-4-6-10(8)11(12-9)13-2/h3-7,9-10H,1-2H3/t9-,10-/m1/s1. The molecule has 68 valence electrons. The molecule has 0 N–H and O–H groups in total. The monoisotopic (exact) mass is 175 g/mol. The molecule has 2 heteroatoms. The molecule has 3 aliphatic rings. The van der Waals surface area contributed by atoms with Crippen molar-refractivity contribution in [1.82, 2.24) is 0 Å². The molecule has 2 heterocycles. The van der Waals surface area contributed by atoms with Gasteiger partial charge >= 0.3 is 0 Å². The number of aliphatic imine (C=N–C) groups is 1. The lowest BCUT2D eigenvalue weighted by Crippen LogP contribution is -2.23. The number of fused-ring (bicyclic) bond motifs is 1. The minimum Gasteiger partial charge on any atom is -0.484 e. The number of allylic oxidation sites excluding steroid dienone is 2. The van der Waals surface area contributed by atoms with Crippen LogP contribution in [0.1, 0.15) is 6.92 Å². The van der Waals surface area contributed by atoms with E-state index in [4.69, 9.17) is 4.74 Å². The smallest absolute Gasteiger partial charge is 0.195 e. The fourth-order valence-electron chi connectivity index (χ4n) is 1.70. The molecule has 13 heavy (non-hydrogen) atoms. The van der Waals surface area contributed by atoms with E-state index in [0.717, 1.165) is 5.90 Å². The van der Waals surface area contributed by atoms with Gasteiger partial charge in [-0.2, -0.15) is 0 Å². The first-order chi connectivity index (χ1) is 6.31. The van der Waals surface area contributed by atoms with Crippen LogP contribution in [0.2, 0.25) is 0 Å². The second kappa shape index (κ2) is 3.21. The molecule has 0 aromatic heterocycles. The van der Waals surface area contributed by atoms with Crippen molar-refractivity contribution in [3.8, 4) is 0 Å². The molecule has 3 rings (SSSR count). The maximum atomic E-state index is 5.26. The van der Waals surface area contributed by atoms with E-state index >= 15 is 0 Å². The molecular weight excluding hydrogens is 162 g/mol. The summed E-state index contributed by atoms with van der Waals surface area (Å²) in [6, 6.07) is 0.163. The molecule has 0 aromatic carbocycles. The molecule has 2 aliphatic heterocycles. The number of methoxy groups -OCH3 is 1. The molecule has 0 fully saturated rings. The Kier molecular flexibility index (Phi) is 2.05. The first-order valence-corrected chi connectivity index (χ1v) is 4.46. The molecule has 2 nitrogen and oxygen atoms in total. The van der Waals surface area contributed by atoms with Gasteiger partial charge in [-0.1, -0.05) is 36.0 Å². The Balaban J connectivity index is 2.43. The highest BCUT2D eigenvalue weighted by atomic mass is 16.5. The van der Waals surface area contributed by atoms with Crippen LogP contribution < -0.4 is 0 Å². The third kappa shape index (κ3) is 1.44. The summed E-state index contributed by atoms with van der Waals surface area (Å²) >= 11 is 0. The van der Waals surface area contributed by atoms with Crippen LogP contribution in [0, 0.1) is 5.92 Å². The van der Waals surface area contributed by atoms with Gasteiger partial charge in [-0.3, -0.25) is 0 Å². The van der Waals surface area contributed by atoms with Crippen LogP contribution in [0.15, 0.2) is 40.9 Å². The van der Waals surface area contributed by atoms with Crippen LogP contribution in [-0.4, -0.2) is 19.0 Å². The van der Waals surface area contributed by atoms with E-state index in [0.29, 0.717) is 0 Å². The number of rotatable bonds is 0. The van der Waals surface area contributed by atoms with Crippen molar-refractivity contribution in [2.45, 2.75) is 13.0 Å². The van der Waals surface area contributed by atoms with E-state index in [1.54, 1.807) is 7.11 Å². The summed E-state index contributed by atoms with van der Waals surface area (Å²) in [6.45, 7) is 2.12. The average Bonchev–Trinajstić information content (AvgIpc) is 2.07. The predicted molar refractivity (Wildman–Crippen MR) is 53.8 cm³/mol. The molecule has 0 amide bonds. The van der Waals surface area contributed by atoms with E-state index in [9.17, 15) is 0 Å². The van der Waals surface area contributed by atoms with Gasteiger partial charge in [0, 0.05) is 0 Å². The number of hydrogen-bond acceptors (Lipinski definition) is 2. The summed E-state index contributed by atoms with van der Waals surface area (Å²) in [7, 11) is 1.68. The van der Waals surface area contributed by atoms with Gasteiger partial charge in [-0.25, -0.2) is 4.99 Å². The van der Waals surface area contributed by atoms with Gasteiger partial charge in [0.2, 0.25) is 0 Å². The first kappa shape index (κ1) is 8.30. The van der Waals surface area contributed by atoms with Crippen molar-refractivity contribution >= 4 is 5.90 Å². The third-order valence-electron chi connectivity index (χ3n) is 2.40. The SMILES string of the molecule is COC1=N[C@@H]2C=CC=C[C@@H]1C(C)=C2. The minimum absolute atomic E-state index is 0.163. The zero-order valence-corrected chi connectivity index (χ0v) is 7.90. The van der Waals surface area contributed by atoms with Crippen LogP contribution in [0.4, 0.5) is 0 Å². The van der Waals surface area contributed by atoms with E-state index in [1.165, 1.54) is 5.57 Å². The summed E-state index contributed by atoms with van der Waals surface area (Å²) in [5.74, 6) is 1.07. The second-order valence-corrected chi connectivity index (χ2v) is 3.32. The van der Waals surface area contributed by atoms with Gasteiger partial charge in [-0.05, 0) is 6.92 Å². The summed E-state index contributed by atoms with van der Waals surface area (Å²) in [5.41, 5.74) is 1.32. The Morgan fingerprint density at radius 1 is 1.31 bits per heavy atom. The van der Waals surface area contributed by atoms with Crippen LogP contribution in [0.5, 0.6) is 0 Å². The van der Waals surface area contributed by atoms with Crippen molar-refractivity contribution < 1.29 is 4.74 Å². The number of hydrogen-bond donors (Lipinski definition) is 0. The maximum Gasteiger partial charge on any atom is 0.195 e. The van der Waals surface area contributed by atoms with E-state index in [1.807, 2.05) is 6.08 Å². The summed E-state index contributed by atoms with van der Waals surface area (Å²) < 4.78 is 5.26. The Morgan fingerprint density at radius 3 is 2.85 bits per heavy atom. The molecule has 0 radical (unpaired) electrons. The lowest BCUT2D eigenvalue weighted by molar-refractivity contribution is 0.377. The number of dihydropyridines is 1. The summed E-state index contributed by atoms with van der Waals surface area (Å²) in [5, 5.41) is 0. The fourth-order valence-corrected chi connectivity index (χ4v) is 1.70. The second-order valence-electron chi connectivity index (χ2n) is 3.32. The van der Waals surface area contributed by atoms with E-state index in [2.05, 4.69) is 36.2 Å². The summed E-state index contributed by atoms with van der Waals surface area (Å²) in [4.78, 5) is 4.45. The largest absolute Gasteiger partial charge is 0.484 e. The fraction of sp³-hybridized carbons (Fsp3) is 0.364. The Labute approximate surface area is 78.3 Å². The molecule has 2 atom stereocenters. The lowest BCUT2D eigenvalue weighted by Gasteiger charge is -2.23. The van der Waals surface area contributed by atoms with Gasteiger partial charge in [0.25, 0.3) is 0 Å². The van der Waals surface area contributed by atoms with Crippen LogP contribution in [-0.2, 0) is 4.74 Å². The normalized spacial score (nSPS) is 30.6. The molecule has 1 aliphatic carbocycles. The quantitative estimate of drug-likeness (QED) is 0.517. The topological polar surface area (TPSA) is 21.6 Å².